The summed E-state index contributed by atoms with van der Waals surface area (Å²) in [5.41, 5.74) is 1.40. The average molecular weight is 515 g/mol. The second kappa shape index (κ2) is 9.47. The van der Waals surface area contributed by atoms with E-state index in [1.54, 1.807) is 0 Å². The van der Waals surface area contributed by atoms with Crippen molar-refractivity contribution in [3.63, 3.8) is 0 Å². The van der Waals surface area contributed by atoms with Crippen molar-refractivity contribution in [1.82, 2.24) is 44.9 Å². The Kier molecular flexibility index (Phi) is 5.98. The van der Waals surface area contributed by atoms with E-state index < -0.39 is 5.66 Å². The van der Waals surface area contributed by atoms with E-state index in [1.165, 1.54) is 35.9 Å². The predicted molar refractivity (Wildman–Crippen MR) is 134 cm³/mol. The van der Waals surface area contributed by atoms with Crippen molar-refractivity contribution in [2.24, 2.45) is 0 Å². The third-order valence-corrected chi connectivity index (χ3v) is 8.25. The number of rotatable bonds is 6. The number of aromatic amines is 1. The molecular formula is C23H34N10O2S. The molecule has 0 radical (unpaired) electrons. The zero-order valence-corrected chi connectivity index (χ0v) is 21.3. The number of nitrogens with one attached hydrogen (secondary N) is 2. The van der Waals surface area contributed by atoms with Gasteiger partial charge in [-0.05, 0) is 36.9 Å². The van der Waals surface area contributed by atoms with E-state index in [4.69, 9.17) is 13.9 Å². The molecule has 4 fully saturated rings. The van der Waals surface area contributed by atoms with Crippen molar-refractivity contribution in [1.29, 1.82) is 0 Å². The molecule has 0 spiro atoms. The van der Waals surface area contributed by atoms with E-state index in [9.17, 15) is 0 Å². The van der Waals surface area contributed by atoms with Gasteiger partial charge in [0.1, 0.15) is 17.2 Å². The highest BCUT2D eigenvalue weighted by atomic mass is 32.1. The Labute approximate surface area is 215 Å². The van der Waals surface area contributed by atoms with Crippen LogP contribution in [-0.4, -0.2) is 112 Å². The summed E-state index contributed by atoms with van der Waals surface area (Å²) in [7, 11) is 0. The summed E-state index contributed by atoms with van der Waals surface area (Å²) in [6, 6.07) is 4.21. The molecule has 0 saturated carbocycles. The smallest absolute Gasteiger partial charge is 0.226 e. The summed E-state index contributed by atoms with van der Waals surface area (Å²) in [5.74, 6) is 2.11. The van der Waals surface area contributed by atoms with Crippen LogP contribution in [0.25, 0.3) is 0 Å². The van der Waals surface area contributed by atoms with Gasteiger partial charge in [0, 0.05) is 57.3 Å². The molecule has 1 unspecified atom stereocenters. The fourth-order valence-corrected chi connectivity index (χ4v) is 6.72. The lowest BCUT2D eigenvalue weighted by atomic mass is 9.99. The molecule has 2 aromatic rings. The lowest BCUT2D eigenvalue weighted by Gasteiger charge is -2.49. The maximum absolute atomic E-state index is 6.48. The lowest BCUT2D eigenvalue weighted by Crippen LogP contribution is -2.64. The number of nitrogens with zero attached hydrogens (tertiary/aromatic N) is 8. The van der Waals surface area contributed by atoms with Gasteiger partial charge in [-0.3, -0.25) is 15.3 Å². The van der Waals surface area contributed by atoms with Crippen LogP contribution in [0.15, 0.2) is 35.2 Å². The van der Waals surface area contributed by atoms with Gasteiger partial charge in [-0.2, -0.15) is 19.6 Å². The quantitative estimate of drug-likeness (QED) is 0.573. The van der Waals surface area contributed by atoms with Crippen LogP contribution in [0.5, 0.6) is 0 Å². The zero-order chi connectivity index (χ0) is 24.0. The number of hydrazine groups is 2. The molecule has 0 aliphatic carbocycles. The van der Waals surface area contributed by atoms with Crippen molar-refractivity contribution < 1.29 is 9.57 Å². The molecule has 0 aromatic carbocycles. The second-order valence-corrected chi connectivity index (χ2v) is 10.4. The highest BCUT2D eigenvalue weighted by Gasteiger charge is 2.64. The molecule has 7 heterocycles. The van der Waals surface area contributed by atoms with Crippen molar-refractivity contribution in [3.8, 4) is 0 Å². The SMILES string of the molecule is c1cc(N2N(N3CCCC3)C(N3CCOCC3)=C(N3CCNC3)C2(c2ccsn2)N2CCCO2)[nH]n1. The molecule has 2 aromatic heterocycles. The van der Waals surface area contributed by atoms with E-state index in [1.807, 2.05) is 6.20 Å². The van der Waals surface area contributed by atoms with Gasteiger partial charge in [-0.1, -0.05) is 0 Å². The van der Waals surface area contributed by atoms with E-state index in [0.29, 0.717) is 6.61 Å². The van der Waals surface area contributed by atoms with Crippen LogP contribution in [-0.2, 0) is 15.2 Å². The summed E-state index contributed by atoms with van der Waals surface area (Å²) in [6.45, 7) is 9.29. The standard InChI is InChI=1S/C23H34N10O2S/c1-2-9-30(8-1)33-22(28-12-15-34-16-13-28)21(29-11-7-24-18-29)23(19-5-17-36-27-19,31-10-3-14-35-31)32(33)20-4-6-25-26-20/h4-6,17,24H,1-3,7-16,18H2,(H,25,26). The summed E-state index contributed by atoms with van der Waals surface area (Å²) in [5, 5.41) is 22.8. The largest absolute Gasteiger partial charge is 0.378 e. The minimum Gasteiger partial charge on any atom is -0.378 e. The van der Waals surface area contributed by atoms with Gasteiger partial charge in [-0.15, -0.1) is 5.06 Å². The van der Waals surface area contributed by atoms with E-state index in [0.717, 1.165) is 83.6 Å². The first kappa shape index (κ1) is 22.8. The van der Waals surface area contributed by atoms with Gasteiger partial charge in [0.05, 0.1) is 32.7 Å². The third kappa shape index (κ3) is 3.45. The van der Waals surface area contributed by atoms with Crippen molar-refractivity contribution in [2.45, 2.75) is 24.9 Å². The Hall–Kier alpha value is -2.42. The van der Waals surface area contributed by atoms with Crippen LogP contribution in [0, 0.1) is 0 Å². The summed E-state index contributed by atoms with van der Waals surface area (Å²) in [4.78, 5) is 11.5. The number of hydrogen-bond donors (Lipinski definition) is 2. The van der Waals surface area contributed by atoms with Crippen LogP contribution in [0.2, 0.25) is 0 Å². The number of H-pyrrole nitrogens is 1. The summed E-state index contributed by atoms with van der Waals surface area (Å²) < 4.78 is 10.8. The molecular weight excluding hydrogens is 480 g/mol. The number of morpholine rings is 1. The monoisotopic (exact) mass is 514 g/mol. The molecule has 0 bridgehead atoms. The number of ether oxygens (including phenoxy) is 1. The predicted octanol–water partition coefficient (Wildman–Crippen LogP) is 0.768. The highest BCUT2D eigenvalue weighted by molar-refractivity contribution is 7.03. The van der Waals surface area contributed by atoms with Gasteiger partial charge >= 0.3 is 0 Å². The maximum atomic E-state index is 6.48. The Balaban J connectivity index is 1.53. The molecule has 194 valence electrons. The summed E-state index contributed by atoms with van der Waals surface area (Å²) in [6.07, 6.45) is 5.16. The zero-order valence-electron chi connectivity index (χ0n) is 20.5. The molecule has 12 nitrogen and oxygen atoms in total. The van der Waals surface area contributed by atoms with Crippen molar-refractivity contribution in [3.05, 3.63) is 40.9 Å². The molecule has 36 heavy (non-hydrogen) atoms. The van der Waals surface area contributed by atoms with E-state index >= 15 is 0 Å². The first-order chi connectivity index (χ1) is 17.9. The molecule has 2 N–H and O–H groups in total. The Bertz CT molecular complexity index is 1040. The van der Waals surface area contributed by atoms with Gasteiger partial charge in [0.2, 0.25) is 5.66 Å². The number of hydrogen-bond acceptors (Lipinski definition) is 12. The fraction of sp³-hybridized carbons (Fsp3) is 0.652. The molecule has 4 saturated heterocycles. The molecule has 13 heteroatoms. The number of aromatic nitrogens is 3. The normalized spacial score (nSPS) is 28.4. The Morgan fingerprint density at radius 1 is 0.944 bits per heavy atom. The van der Waals surface area contributed by atoms with Crippen LogP contribution in [0.1, 0.15) is 25.0 Å². The van der Waals surface area contributed by atoms with Crippen molar-refractivity contribution >= 4 is 17.4 Å². The van der Waals surface area contributed by atoms with Crippen LogP contribution < -0.4 is 10.3 Å². The molecule has 5 aliphatic heterocycles. The average Bonchev–Trinajstić information content (AvgIpc) is 3.73. The molecule has 5 aliphatic rings. The van der Waals surface area contributed by atoms with E-state index in [2.05, 4.69) is 63.0 Å². The Morgan fingerprint density at radius 3 is 2.50 bits per heavy atom. The minimum atomic E-state index is -0.786. The molecule has 0 amide bonds. The first-order valence-electron chi connectivity index (χ1n) is 13.1. The number of anilines is 1. The lowest BCUT2D eigenvalue weighted by molar-refractivity contribution is -0.193. The van der Waals surface area contributed by atoms with E-state index in [-0.39, 0.29) is 0 Å². The van der Waals surface area contributed by atoms with Crippen molar-refractivity contribution in [2.75, 3.05) is 77.3 Å². The van der Waals surface area contributed by atoms with Gasteiger partial charge < -0.3 is 14.5 Å². The summed E-state index contributed by atoms with van der Waals surface area (Å²) >= 11 is 1.49. The fourth-order valence-electron chi connectivity index (χ4n) is 6.16. The number of hydroxylamine groups is 2. The van der Waals surface area contributed by atoms with Gasteiger partial charge in [0.25, 0.3) is 0 Å². The second-order valence-electron chi connectivity index (χ2n) is 9.74. The van der Waals surface area contributed by atoms with Gasteiger partial charge in [-0.25, -0.2) is 5.01 Å². The maximum Gasteiger partial charge on any atom is 0.226 e. The first-order valence-corrected chi connectivity index (χ1v) is 13.9. The van der Waals surface area contributed by atoms with Crippen LogP contribution in [0.4, 0.5) is 5.82 Å². The molecule has 7 rings (SSSR count). The molecule has 1 atom stereocenters. The highest BCUT2D eigenvalue weighted by Crippen LogP contribution is 2.53. The Morgan fingerprint density at radius 2 is 1.83 bits per heavy atom. The topological polar surface area (TPSA) is 91.5 Å². The van der Waals surface area contributed by atoms with Crippen LogP contribution in [0.3, 0.4) is 0 Å². The van der Waals surface area contributed by atoms with Gasteiger partial charge in [0.15, 0.2) is 5.82 Å². The minimum absolute atomic E-state index is 0.699. The van der Waals surface area contributed by atoms with Crippen LogP contribution >= 0.6 is 11.5 Å². The third-order valence-electron chi connectivity index (χ3n) is 7.69.